The van der Waals surface area contributed by atoms with Crippen LogP contribution in [0.5, 0.6) is 11.5 Å². The zero-order chi connectivity index (χ0) is 16.4. The first-order valence-corrected chi connectivity index (χ1v) is 8.57. The van der Waals surface area contributed by atoms with Gasteiger partial charge in [-0.2, -0.15) is 0 Å². The molecular formula is C18H17FO3S. The van der Waals surface area contributed by atoms with Gasteiger partial charge in [-0.3, -0.25) is 4.79 Å². The van der Waals surface area contributed by atoms with E-state index in [9.17, 15) is 9.18 Å². The molecule has 0 N–H and O–H groups in total. The number of fused-ring (bicyclic) bond motifs is 1. The van der Waals surface area contributed by atoms with E-state index in [0.29, 0.717) is 23.5 Å². The van der Waals surface area contributed by atoms with Crippen LogP contribution in [0.1, 0.15) is 27.9 Å². The molecular weight excluding hydrogens is 315 g/mol. The lowest BCUT2D eigenvalue weighted by molar-refractivity contribution is 0.0931. The van der Waals surface area contributed by atoms with E-state index < -0.39 is 5.82 Å². The minimum absolute atomic E-state index is 0.0903. The predicted molar refractivity (Wildman–Crippen MR) is 88.1 cm³/mol. The second-order valence-electron chi connectivity index (χ2n) is 5.35. The van der Waals surface area contributed by atoms with Gasteiger partial charge in [0, 0.05) is 16.9 Å². The third kappa shape index (κ3) is 3.20. The standard InChI is InChI=1S/C18H17FO3S/c1-11-17-14(16(20)7-8-21-17)9-15(19)18(11)22-10-12-3-5-13(23-2)6-4-12/h3-6,9H,7-8,10H2,1-2H3. The van der Waals surface area contributed by atoms with Crippen LogP contribution in [0.3, 0.4) is 0 Å². The maximum absolute atomic E-state index is 14.3. The number of carbonyl (C=O) groups is 1. The Morgan fingerprint density at radius 3 is 2.74 bits per heavy atom. The molecule has 120 valence electrons. The van der Waals surface area contributed by atoms with Crippen LogP contribution in [0.15, 0.2) is 35.2 Å². The van der Waals surface area contributed by atoms with Crippen LogP contribution in [0.4, 0.5) is 4.39 Å². The van der Waals surface area contributed by atoms with Gasteiger partial charge >= 0.3 is 0 Å². The van der Waals surface area contributed by atoms with Gasteiger partial charge in [0.05, 0.1) is 12.2 Å². The minimum Gasteiger partial charge on any atom is -0.492 e. The Kier molecular flexibility index (Phi) is 4.57. The molecule has 3 nitrogen and oxygen atoms in total. The lowest BCUT2D eigenvalue weighted by atomic mass is 10.0. The highest BCUT2D eigenvalue weighted by atomic mass is 32.2. The Hall–Kier alpha value is -2.01. The van der Waals surface area contributed by atoms with Crippen LogP contribution in [-0.2, 0) is 6.61 Å². The van der Waals surface area contributed by atoms with Crippen molar-refractivity contribution in [1.29, 1.82) is 0 Å². The molecule has 2 aromatic carbocycles. The fraction of sp³-hybridized carbons (Fsp3) is 0.278. The number of carbonyl (C=O) groups excluding carboxylic acids is 1. The van der Waals surface area contributed by atoms with Crippen molar-refractivity contribution in [3.63, 3.8) is 0 Å². The van der Waals surface area contributed by atoms with Crippen molar-refractivity contribution in [3.05, 3.63) is 52.8 Å². The van der Waals surface area contributed by atoms with E-state index in [1.807, 2.05) is 30.5 Å². The topological polar surface area (TPSA) is 35.5 Å². The molecule has 0 radical (unpaired) electrons. The largest absolute Gasteiger partial charge is 0.492 e. The highest BCUT2D eigenvalue weighted by Crippen LogP contribution is 2.37. The van der Waals surface area contributed by atoms with Crippen LogP contribution in [0.25, 0.3) is 0 Å². The van der Waals surface area contributed by atoms with Crippen molar-refractivity contribution in [2.45, 2.75) is 24.8 Å². The zero-order valence-electron chi connectivity index (χ0n) is 13.0. The summed E-state index contributed by atoms with van der Waals surface area (Å²) in [5.74, 6) is -0.0314. The number of Topliss-reactive ketones (excluding diaryl/α,β-unsaturated/α-hetero) is 1. The molecule has 23 heavy (non-hydrogen) atoms. The third-order valence-corrected chi connectivity index (χ3v) is 4.58. The molecule has 0 saturated heterocycles. The first-order valence-electron chi connectivity index (χ1n) is 7.35. The number of hydrogen-bond acceptors (Lipinski definition) is 4. The van der Waals surface area contributed by atoms with Gasteiger partial charge in [-0.05, 0) is 36.9 Å². The SMILES string of the molecule is CSc1ccc(COc2c(F)cc3c(c2C)OCCC3=O)cc1. The Bertz CT molecular complexity index is 741. The van der Waals surface area contributed by atoms with Crippen molar-refractivity contribution in [2.24, 2.45) is 0 Å². The van der Waals surface area contributed by atoms with Crippen molar-refractivity contribution in [2.75, 3.05) is 12.9 Å². The maximum atomic E-state index is 14.3. The quantitative estimate of drug-likeness (QED) is 0.778. The van der Waals surface area contributed by atoms with Crippen molar-refractivity contribution in [3.8, 4) is 11.5 Å². The average Bonchev–Trinajstić information content (AvgIpc) is 2.56. The summed E-state index contributed by atoms with van der Waals surface area (Å²) in [4.78, 5) is 13.0. The van der Waals surface area contributed by atoms with E-state index in [-0.39, 0.29) is 24.6 Å². The second-order valence-corrected chi connectivity index (χ2v) is 6.23. The summed E-state index contributed by atoms with van der Waals surface area (Å²) in [5, 5.41) is 0. The number of thioether (sulfide) groups is 1. The Balaban J connectivity index is 1.83. The van der Waals surface area contributed by atoms with E-state index in [1.54, 1.807) is 18.7 Å². The molecule has 0 fully saturated rings. The molecule has 0 aromatic heterocycles. The van der Waals surface area contributed by atoms with Crippen LogP contribution >= 0.6 is 11.8 Å². The molecule has 3 rings (SSSR count). The van der Waals surface area contributed by atoms with E-state index in [1.165, 1.54) is 6.07 Å². The summed E-state index contributed by atoms with van der Waals surface area (Å²) in [6.07, 6.45) is 2.30. The molecule has 1 heterocycles. The van der Waals surface area contributed by atoms with Crippen LogP contribution in [-0.4, -0.2) is 18.6 Å². The second kappa shape index (κ2) is 6.62. The number of ether oxygens (including phenoxy) is 2. The van der Waals surface area contributed by atoms with Crippen molar-refractivity contribution >= 4 is 17.5 Å². The van der Waals surface area contributed by atoms with Gasteiger partial charge < -0.3 is 9.47 Å². The molecule has 1 aliphatic rings. The molecule has 1 aliphatic heterocycles. The predicted octanol–water partition coefficient (Wildman–Crippen LogP) is 4.40. The molecule has 5 heteroatoms. The fourth-order valence-electron chi connectivity index (χ4n) is 2.57. The summed E-state index contributed by atoms with van der Waals surface area (Å²) in [6.45, 7) is 2.31. The highest BCUT2D eigenvalue weighted by Gasteiger charge is 2.25. The summed E-state index contributed by atoms with van der Waals surface area (Å²) in [7, 11) is 0. The Morgan fingerprint density at radius 1 is 1.30 bits per heavy atom. The summed E-state index contributed by atoms with van der Waals surface area (Å²) < 4.78 is 25.5. The number of ketones is 1. The zero-order valence-corrected chi connectivity index (χ0v) is 13.8. The van der Waals surface area contributed by atoms with Gasteiger partial charge in [0.15, 0.2) is 17.3 Å². The van der Waals surface area contributed by atoms with Gasteiger partial charge in [0.25, 0.3) is 0 Å². The van der Waals surface area contributed by atoms with Crippen molar-refractivity contribution in [1.82, 2.24) is 0 Å². The average molecular weight is 332 g/mol. The summed E-state index contributed by atoms with van der Waals surface area (Å²) >= 11 is 1.66. The normalized spacial score (nSPS) is 13.4. The van der Waals surface area contributed by atoms with Gasteiger partial charge in [-0.25, -0.2) is 4.39 Å². The number of hydrogen-bond donors (Lipinski definition) is 0. The third-order valence-electron chi connectivity index (χ3n) is 3.83. The van der Waals surface area contributed by atoms with Crippen LogP contribution < -0.4 is 9.47 Å². The first-order chi connectivity index (χ1) is 11.1. The van der Waals surface area contributed by atoms with Gasteiger partial charge in [-0.15, -0.1) is 11.8 Å². The van der Waals surface area contributed by atoms with Gasteiger partial charge in [-0.1, -0.05) is 12.1 Å². The van der Waals surface area contributed by atoms with E-state index in [4.69, 9.17) is 9.47 Å². The lowest BCUT2D eigenvalue weighted by Crippen LogP contribution is -2.17. The number of benzene rings is 2. The van der Waals surface area contributed by atoms with Crippen molar-refractivity contribution < 1.29 is 18.7 Å². The summed E-state index contributed by atoms with van der Waals surface area (Å²) in [6, 6.07) is 9.13. The smallest absolute Gasteiger partial charge is 0.170 e. The van der Waals surface area contributed by atoms with Gasteiger partial charge in [0.1, 0.15) is 12.4 Å². The van der Waals surface area contributed by atoms with E-state index in [0.717, 1.165) is 10.5 Å². The molecule has 0 atom stereocenters. The molecule has 0 aliphatic carbocycles. The van der Waals surface area contributed by atoms with E-state index in [2.05, 4.69) is 0 Å². The summed E-state index contributed by atoms with van der Waals surface area (Å²) in [5.41, 5.74) is 1.80. The molecule has 0 saturated carbocycles. The molecule has 0 spiro atoms. The van der Waals surface area contributed by atoms with Crippen LogP contribution in [0.2, 0.25) is 0 Å². The molecule has 0 unspecified atom stereocenters. The number of rotatable bonds is 4. The molecule has 2 aromatic rings. The first kappa shape index (κ1) is 15.9. The Morgan fingerprint density at radius 2 is 2.04 bits per heavy atom. The fourth-order valence-corrected chi connectivity index (χ4v) is 2.98. The monoisotopic (exact) mass is 332 g/mol. The maximum Gasteiger partial charge on any atom is 0.170 e. The lowest BCUT2D eigenvalue weighted by Gasteiger charge is -2.21. The van der Waals surface area contributed by atoms with E-state index >= 15 is 0 Å². The van der Waals surface area contributed by atoms with Gasteiger partial charge in [0.2, 0.25) is 0 Å². The minimum atomic E-state index is -0.527. The van der Waals surface area contributed by atoms with Crippen LogP contribution in [0, 0.1) is 12.7 Å². The highest BCUT2D eigenvalue weighted by molar-refractivity contribution is 7.98. The Labute approximate surface area is 138 Å². The number of halogens is 1. The molecule has 0 bridgehead atoms. The molecule has 0 amide bonds.